The van der Waals surface area contributed by atoms with Crippen LogP contribution in [0.5, 0.6) is 11.5 Å². The van der Waals surface area contributed by atoms with E-state index in [-0.39, 0.29) is 0 Å². The van der Waals surface area contributed by atoms with Crippen LogP contribution in [-0.4, -0.2) is 23.6 Å². The molecule has 20 heavy (non-hydrogen) atoms. The van der Waals surface area contributed by atoms with E-state index in [1.165, 1.54) is 0 Å². The number of fused-ring (bicyclic) bond motifs is 1. The van der Waals surface area contributed by atoms with Crippen LogP contribution in [0.3, 0.4) is 0 Å². The van der Waals surface area contributed by atoms with Gasteiger partial charge in [-0.05, 0) is 24.3 Å². The van der Waals surface area contributed by atoms with Crippen molar-refractivity contribution in [1.82, 2.24) is 9.38 Å². The SMILES string of the molecule is COc1cc(OC)cc(-c2ncc3cc(N)ccn23)c1. The number of anilines is 1. The summed E-state index contributed by atoms with van der Waals surface area (Å²) in [6, 6.07) is 9.40. The molecule has 0 amide bonds. The highest BCUT2D eigenvalue weighted by Crippen LogP contribution is 2.29. The Morgan fingerprint density at radius 2 is 1.75 bits per heavy atom. The number of ether oxygens (including phenoxy) is 2. The number of hydrogen-bond donors (Lipinski definition) is 1. The number of aromatic nitrogens is 2. The fourth-order valence-electron chi connectivity index (χ4n) is 2.17. The number of rotatable bonds is 3. The lowest BCUT2D eigenvalue weighted by Gasteiger charge is -2.08. The Morgan fingerprint density at radius 3 is 2.40 bits per heavy atom. The minimum Gasteiger partial charge on any atom is -0.497 e. The Morgan fingerprint density at radius 1 is 1.05 bits per heavy atom. The molecular formula is C15H15N3O2. The Kier molecular flexibility index (Phi) is 2.95. The average molecular weight is 269 g/mol. The van der Waals surface area contributed by atoms with Crippen LogP contribution in [0.15, 0.2) is 42.7 Å². The molecule has 2 aromatic heterocycles. The maximum Gasteiger partial charge on any atom is 0.144 e. The van der Waals surface area contributed by atoms with Gasteiger partial charge in [0.2, 0.25) is 0 Å². The standard InChI is InChI=1S/C15H15N3O2/c1-19-13-5-10(6-14(8-13)20-2)15-17-9-12-7-11(16)3-4-18(12)15/h3-9H,16H2,1-2H3. The first-order valence-electron chi connectivity index (χ1n) is 6.17. The molecule has 2 N–H and O–H groups in total. The van der Waals surface area contributed by atoms with Gasteiger partial charge in [-0.15, -0.1) is 0 Å². The van der Waals surface area contributed by atoms with E-state index in [4.69, 9.17) is 15.2 Å². The maximum absolute atomic E-state index is 5.78. The van der Waals surface area contributed by atoms with E-state index in [9.17, 15) is 0 Å². The molecule has 0 aliphatic heterocycles. The molecule has 1 aromatic carbocycles. The molecule has 5 heteroatoms. The van der Waals surface area contributed by atoms with Gasteiger partial charge < -0.3 is 15.2 Å². The van der Waals surface area contributed by atoms with Gasteiger partial charge in [0.1, 0.15) is 17.3 Å². The van der Waals surface area contributed by atoms with Gasteiger partial charge in [-0.1, -0.05) is 0 Å². The van der Waals surface area contributed by atoms with E-state index in [0.717, 1.165) is 28.4 Å². The molecule has 0 aliphatic rings. The van der Waals surface area contributed by atoms with Gasteiger partial charge in [0.25, 0.3) is 0 Å². The summed E-state index contributed by atoms with van der Waals surface area (Å²) in [6.07, 6.45) is 3.69. The minimum absolute atomic E-state index is 0.715. The number of benzene rings is 1. The highest BCUT2D eigenvalue weighted by atomic mass is 16.5. The number of nitrogens with two attached hydrogens (primary N) is 1. The number of hydrogen-bond acceptors (Lipinski definition) is 4. The summed E-state index contributed by atoms with van der Waals surface area (Å²) in [5, 5.41) is 0. The van der Waals surface area contributed by atoms with Crippen molar-refractivity contribution in [3.8, 4) is 22.9 Å². The van der Waals surface area contributed by atoms with E-state index in [1.807, 2.05) is 40.9 Å². The second-order valence-corrected chi connectivity index (χ2v) is 4.44. The van der Waals surface area contributed by atoms with Crippen molar-refractivity contribution in [2.24, 2.45) is 0 Å². The highest BCUT2D eigenvalue weighted by molar-refractivity contribution is 5.67. The predicted octanol–water partition coefficient (Wildman–Crippen LogP) is 2.60. The Balaban J connectivity index is 2.19. The highest BCUT2D eigenvalue weighted by Gasteiger charge is 2.10. The van der Waals surface area contributed by atoms with Crippen molar-refractivity contribution < 1.29 is 9.47 Å². The van der Waals surface area contributed by atoms with Gasteiger partial charge in [0.15, 0.2) is 0 Å². The smallest absolute Gasteiger partial charge is 0.144 e. The second-order valence-electron chi connectivity index (χ2n) is 4.44. The van der Waals surface area contributed by atoms with E-state index in [2.05, 4.69) is 4.98 Å². The van der Waals surface area contributed by atoms with Crippen LogP contribution >= 0.6 is 0 Å². The molecule has 3 aromatic rings. The third-order valence-electron chi connectivity index (χ3n) is 3.17. The van der Waals surface area contributed by atoms with Gasteiger partial charge in [-0.3, -0.25) is 4.40 Å². The Labute approximate surface area is 116 Å². The third-order valence-corrected chi connectivity index (χ3v) is 3.17. The summed E-state index contributed by atoms with van der Waals surface area (Å²) < 4.78 is 12.6. The van der Waals surface area contributed by atoms with Crippen LogP contribution in [0.25, 0.3) is 16.9 Å². The molecule has 2 heterocycles. The largest absolute Gasteiger partial charge is 0.497 e. The van der Waals surface area contributed by atoms with Crippen LogP contribution in [0, 0.1) is 0 Å². The topological polar surface area (TPSA) is 61.8 Å². The first-order chi connectivity index (χ1) is 9.71. The molecule has 0 saturated heterocycles. The van der Waals surface area contributed by atoms with E-state index in [1.54, 1.807) is 20.4 Å². The van der Waals surface area contributed by atoms with E-state index >= 15 is 0 Å². The van der Waals surface area contributed by atoms with Crippen LogP contribution in [-0.2, 0) is 0 Å². The number of pyridine rings is 1. The molecule has 0 saturated carbocycles. The molecule has 3 rings (SSSR count). The molecule has 102 valence electrons. The number of methoxy groups -OCH3 is 2. The zero-order valence-electron chi connectivity index (χ0n) is 11.3. The molecule has 5 nitrogen and oxygen atoms in total. The summed E-state index contributed by atoms with van der Waals surface area (Å²) in [5.41, 5.74) is 8.37. The minimum atomic E-state index is 0.715. The van der Waals surface area contributed by atoms with Crippen molar-refractivity contribution in [2.45, 2.75) is 0 Å². The van der Waals surface area contributed by atoms with Crippen molar-refractivity contribution in [3.05, 3.63) is 42.7 Å². The lowest BCUT2D eigenvalue weighted by molar-refractivity contribution is 0.394. The average Bonchev–Trinajstić information content (AvgIpc) is 2.89. The van der Waals surface area contributed by atoms with Crippen LogP contribution in [0.4, 0.5) is 5.69 Å². The molecule has 0 spiro atoms. The summed E-state index contributed by atoms with van der Waals surface area (Å²) in [4.78, 5) is 4.45. The first kappa shape index (κ1) is 12.3. The molecule has 0 aliphatic carbocycles. The maximum atomic E-state index is 5.78. The lowest BCUT2D eigenvalue weighted by Crippen LogP contribution is -1.93. The van der Waals surface area contributed by atoms with Crippen LogP contribution in [0.2, 0.25) is 0 Å². The molecule has 0 radical (unpaired) electrons. The van der Waals surface area contributed by atoms with Gasteiger partial charge in [-0.25, -0.2) is 4.98 Å². The molecule has 0 bridgehead atoms. The zero-order valence-corrected chi connectivity index (χ0v) is 11.3. The monoisotopic (exact) mass is 269 g/mol. The predicted molar refractivity (Wildman–Crippen MR) is 78.1 cm³/mol. The molecule has 0 fully saturated rings. The Hall–Kier alpha value is -2.69. The summed E-state index contributed by atoms with van der Waals surface area (Å²) in [5.74, 6) is 2.27. The van der Waals surface area contributed by atoms with Gasteiger partial charge in [0, 0.05) is 23.5 Å². The van der Waals surface area contributed by atoms with E-state index in [0.29, 0.717) is 5.69 Å². The quantitative estimate of drug-likeness (QED) is 0.794. The summed E-state index contributed by atoms with van der Waals surface area (Å²) >= 11 is 0. The summed E-state index contributed by atoms with van der Waals surface area (Å²) in [7, 11) is 3.26. The van der Waals surface area contributed by atoms with E-state index < -0.39 is 0 Å². The van der Waals surface area contributed by atoms with Gasteiger partial charge >= 0.3 is 0 Å². The van der Waals surface area contributed by atoms with Crippen LogP contribution in [0.1, 0.15) is 0 Å². The number of nitrogens with zero attached hydrogens (tertiary/aromatic N) is 2. The molecule has 0 unspecified atom stereocenters. The van der Waals surface area contributed by atoms with Gasteiger partial charge in [-0.2, -0.15) is 0 Å². The van der Waals surface area contributed by atoms with Gasteiger partial charge in [0.05, 0.1) is 25.9 Å². The van der Waals surface area contributed by atoms with Crippen molar-refractivity contribution in [1.29, 1.82) is 0 Å². The molecule has 0 atom stereocenters. The summed E-state index contributed by atoms with van der Waals surface area (Å²) in [6.45, 7) is 0. The van der Waals surface area contributed by atoms with Crippen LogP contribution < -0.4 is 15.2 Å². The third kappa shape index (κ3) is 2.03. The van der Waals surface area contributed by atoms with Crippen molar-refractivity contribution in [3.63, 3.8) is 0 Å². The Bertz CT molecular complexity index is 743. The molecular weight excluding hydrogens is 254 g/mol. The normalized spacial score (nSPS) is 10.7. The fourth-order valence-corrected chi connectivity index (χ4v) is 2.17. The first-order valence-corrected chi connectivity index (χ1v) is 6.17. The van der Waals surface area contributed by atoms with Crippen molar-refractivity contribution in [2.75, 3.05) is 20.0 Å². The lowest BCUT2D eigenvalue weighted by atomic mass is 10.2. The fraction of sp³-hybridized carbons (Fsp3) is 0.133. The second kappa shape index (κ2) is 4.77. The van der Waals surface area contributed by atoms with Crippen molar-refractivity contribution >= 4 is 11.2 Å². The number of nitrogen functional groups attached to an aromatic ring is 1. The number of imidazole rings is 1. The zero-order chi connectivity index (χ0) is 14.1.